The molecule has 2 aromatic rings. The maximum absolute atomic E-state index is 11.6. The van der Waals surface area contributed by atoms with E-state index in [1.54, 1.807) is 24.3 Å². The molecule has 1 N–H and O–H groups in total. The van der Waals surface area contributed by atoms with Crippen LogP contribution < -0.4 is 9.47 Å². The SMILES string of the molecule is O=C(COc1ccccc1Cl)Oc1ccc(C(=O)O)cc1. The average Bonchev–Trinajstić information content (AvgIpc) is 2.47. The second-order valence-electron chi connectivity index (χ2n) is 4.02. The largest absolute Gasteiger partial charge is 0.480 e. The molecule has 21 heavy (non-hydrogen) atoms. The lowest BCUT2D eigenvalue weighted by atomic mass is 10.2. The van der Waals surface area contributed by atoms with Crippen LogP contribution in [-0.4, -0.2) is 23.7 Å². The molecule has 2 aromatic carbocycles. The van der Waals surface area contributed by atoms with Crippen LogP contribution in [0.5, 0.6) is 11.5 Å². The molecule has 0 radical (unpaired) electrons. The summed E-state index contributed by atoms with van der Waals surface area (Å²) in [6.45, 7) is -0.301. The number of hydrogen-bond acceptors (Lipinski definition) is 4. The van der Waals surface area contributed by atoms with Crippen LogP contribution in [0.25, 0.3) is 0 Å². The first-order valence-electron chi connectivity index (χ1n) is 5.97. The van der Waals surface area contributed by atoms with Crippen LogP contribution >= 0.6 is 11.6 Å². The molecule has 2 rings (SSSR count). The Morgan fingerprint density at radius 1 is 1.05 bits per heavy atom. The molecule has 0 aliphatic heterocycles. The Labute approximate surface area is 125 Å². The number of benzene rings is 2. The van der Waals surface area contributed by atoms with Crippen LogP contribution in [-0.2, 0) is 4.79 Å². The molecule has 0 aliphatic rings. The molecule has 0 fully saturated rings. The molecule has 0 atom stereocenters. The van der Waals surface area contributed by atoms with E-state index in [9.17, 15) is 9.59 Å². The van der Waals surface area contributed by atoms with E-state index in [-0.39, 0.29) is 17.9 Å². The standard InChI is InChI=1S/C15H11ClO5/c16-12-3-1-2-4-13(12)20-9-14(17)21-11-7-5-10(6-8-11)15(18)19/h1-8H,9H2,(H,18,19). The maximum Gasteiger partial charge on any atom is 0.349 e. The number of hydrogen-bond donors (Lipinski definition) is 1. The Morgan fingerprint density at radius 2 is 1.71 bits per heavy atom. The summed E-state index contributed by atoms with van der Waals surface area (Å²) in [5.41, 5.74) is 0.113. The van der Waals surface area contributed by atoms with E-state index >= 15 is 0 Å². The zero-order chi connectivity index (χ0) is 15.2. The van der Waals surface area contributed by atoms with Gasteiger partial charge in [0.2, 0.25) is 0 Å². The van der Waals surface area contributed by atoms with Crippen LogP contribution in [0.4, 0.5) is 0 Å². The number of aromatic carboxylic acids is 1. The van der Waals surface area contributed by atoms with Gasteiger partial charge in [-0.05, 0) is 36.4 Å². The van der Waals surface area contributed by atoms with Crippen LogP contribution in [0, 0.1) is 0 Å². The molecule has 0 amide bonds. The van der Waals surface area contributed by atoms with E-state index in [2.05, 4.69) is 0 Å². The number of halogens is 1. The van der Waals surface area contributed by atoms with Gasteiger partial charge in [0, 0.05) is 0 Å². The molecule has 0 saturated heterocycles. The van der Waals surface area contributed by atoms with E-state index in [1.165, 1.54) is 24.3 Å². The van der Waals surface area contributed by atoms with Gasteiger partial charge in [-0.1, -0.05) is 23.7 Å². The first-order valence-corrected chi connectivity index (χ1v) is 6.35. The molecule has 108 valence electrons. The first-order chi connectivity index (χ1) is 10.1. The third-order valence-corrected chi connectivity index (χ3v) is 2.83. The second-order valence-corrected chi connectivity index (χ2v) is 4.43. The summed E-state index contributed by atoms with van der Waals surface area (Å²) in [6.07, 6.45) is 0. The average molecular weight is 307 g/mol. The Balaban J connectivity index is 1.90. The fraction of sp³-hybridized carbons (Fsp3) is 0.0667. The van der Waals surface area contributed by atoms with Gasteiger partial charge >= 0.3 is 11.9 Å². The molecule has 0 unspecified atom stereocenters. The minimum atomic E-state index is -1.05. The summed E-state index contributed by atoms with van der Waals surface area (Å²) in [5, 5.41) is 9.15. The maximum atomic E-state index is 11.6. The minimum absolute atomic E-state index is 0.113. The van der Waals surface area contributed by atoms with Crippen LogP contribution in [0.3, 0.4) is 0 Å². The zero-order valence-corrected chi connectivity index (χ0v) is 11.5. The van der Waals surface area contributed by atoms with Crippen molar-refractivity contribution < 1.29 is 24.2 Å². The second kappa shape index (κ2) is 6.76. The van der Waals surface area contributed by atoms with E-state index in [4.69, 9.17) is 26.2 Å². The summed E-state index contributed by atoms with van der Waals surface area (Å²) >= 11 is 5.88. The highest BCUT2D eigenvalue weighted by Crippen LogP contribution is 2.23. The number of rotatable bonds is 5. The van der Waals surface area contributed by atoms with Crippen molar-refractivity contribution in [3.8, 4) is 11.5 Å². The molecule has 0 spiro atoms. The van der Waals surface area contributed by atoms with Crippen LogP contribution in [0.1, 0.15) is 10.4 Å². The fourth-order valence-corrected chi connectivity index (χ4v) is 1.72. The van der Waals surface area contributed by atoms with Gasteiger partial charge in [0.15, 0.2) is 6.61 Å². The number of carbonyl (C=O) groups is 2. The number of carboxylic acid groups (broad SMARTS) is 1. The summed E-state index contributed by atoms with van der Waals surface area (Å²) in [5.74, 6) is -1.03. The summed E-state index contributed by atoms with van der Waals surface area (Å²) < 4.78 is 10.2. The van der Waals surface area contributed by atoms with Crippen molar-refractivity contribution in [1.82, 2.24) is 0 Å². The van der Waals surface area contributed by atoms with E-state index < -0.39 is 11.9 Å². The van der Waals surface area contributed by atoms with Gasteiger partial charge in [0.1, 0.15) is 11.5 Å². The number of esters is 1. The lowest BCUT2D eigenvalue weighted by Crippen LogP contribution is -2.17. The molecular formula is C15H11ClO5. The quantitative estimate of drug-likeness (QED) is 0.679. The highest BCUT2D eigenvalue weighted by atomic mass is 35.5. The Hall–Kier alpha value is -2.53. The Morgan fingerprint density at radius 3 is 2.33 bits per heavy atom. The zero-order valence-electron chi connectivity index (χ0n) is 10.8. The molecular weight excluding hydrogens is 296 g/mol. The highest BCUT2D eigenvalue weighted by Gasteiger charge is 2.09. The molecule has 5 nitrogen and oxygen atoms in total. The monoisotopic (exact) mass is 306 g/mol. The fourth-order valence-electron chi connectivity index (χ4n) is 1.52. The number of carbonyl (C=O) groups excluding carboxylic acids is 1. The molecule has 0 heterocycles. The van der Waals surface area contributed by atoms with E-state index in [0.717, 1.165) is 0 Å². The Kier molecular flexibility index (Phi) is 4.79. The minimum Gasteiger partial charge on any atom is -0.480 e. The Bertz CT molecular complexity index is 651. The predicted molar refractivity (Wildman–Crippen MR) is 76.0 cm³/mol. The third kappa shape index (κ3) is 4.22. The smallest absolute Gasteiger partial charge is 0.349 e. The van der Waals surface area contributed by atoms with Gasteiger partial charge in [-0.25, -0.2) is 9.59 Å². The van der Waals surface area contributed by atoms with Crippen molar-refractivity contribution in [2.45, 2.75) is 0 Å². The summed E-state index contributed by atoms with van der Waals surface area (Å²) in [4.78, 5) is 22.3. The topological polar surface area (TPSA) is 72.8 Å². The van der Waals surface area contributed by atoms with Crippen molar-refractivity contribution in [2.75, 3.05) is 6.61 Å². The van der Waals surface area contributed by atoms with Crippen molar-refractivity contribution in [3.05, 3.63) is 59.1 Å². The van der Waals surface area contributed by atoms with Crippen molar-refractivity contribution in [3.63, 3.8) is 0 Å². The van der Waals surface area contributed by atoms with Gasteiger partial charge in [-0.15, -0.1) is 0 Å². The van der Waals surface area contributed by atoms with Gasteiger partial charge in [-0.2, -0.15) is 0 Å². The van der Waals surface area contributed by atoms with Gasteiger partial charge in [0.25, 0.3) is 0 Å². The summed E-state index contributed by atoms with van der Waals surface area (Å²) in [6, 6.07) is 12.3. The third-order valence-electron chi connectivity index (χ3n) is 2.52. The lowest BCUT2D eigenvalue weighted by molar-refractivity contribution is -0.136. The van der Waals surface area contributed by atoms with E-state index in [1.807, 2.05) is 0 Å². The molecule has 0 aromatic heterocycles. The number of para-hydroxylation sites is 1. The molecule has 0 saturated carbocycles. The summed E-state index contributed by atoms with van der Waals surface area (Å²) in [7, 11) is 0. The van der Waals surface area contributed by atoms with Gasteiger partial charge in [-0.3, -0.25) is 0 Å². The molecule has 6 heteroatoms. The predicted octanol–water partition coefficient (Wildman–Crippen LogP) is 3.02. The van der Waals surface area contributed by atoms with Crippen molar-refractivity contribution >= 4 is 23.5 Å². The van der Waals surface area contributed by atoms with E-state index in [0.29, 0.717) is 10.8 Å². The van der Waals surface area contributed by atoms with Crippen molar-refractivity contribution in [2.24, 2.45) is 0 Å². The normalized spacial score (nSPS) is 9.95. The van der Waals surface area contributed by atoms with Crippen molar-refractivity contribution in [1.29, 1.82) is 0 Å². The van der Waals surface area contributed by atoms with Crippen LogP contribution in [0.2, 0.25) is 5.02 Å². The van der Waals surface area contributed by atoms with Crippen LogP contribution in [0.15, 0.2) is 48.5 Å². The number of ether oxygens (including phenoxy) is 2. The van der Waals surface area contributed by atoms with Gasteiger partial charge < -0.3 is 14.6 Å². The highest BCUT2D eigenvalue weighted by molar-refractivity contribution is 6.32. The number of carboxylic acids is 1. The lowest BCUT2D eigenvalue weighted by Gasteiger charge is -2.08. The molecule has 0 aliphatic carbocycles. The van der Waals surface area contributed by atoms with Gasteiger partial charge in [0.05, 0.1) is 10.6 Å². The molecule has 0 bridgehead atoms. The first kappa shape index (κ1) is 14.9.